The summed E-state index contributed by atoms with van der Waals surface area (Å²) in [6.45, 7) is 4.02. The van der Waals surface area contributed by atoms with E-state index in [9.17, 15) is 9.59 Å². The molecular formula is C25H24ClN3O2. The first kappa shape index (κ1) is 20.9. The van der Waals surface area contributed by atoms with Crippen LogP contribution in [0.3, 0.4) is 0 Å². The first-order chi connectivity index (χ1) is 15.0. The molecule has 0 saturated carbocycles. The number of urea groups is 1. The summed E-state index contributed by atoms with van der Waals surface area (Å²) in [5, 5.41) is 3.48. The summed E-state index contributed by atoms with van der Waals surface area (Å²) in [6, 6.07) is 22.3. The number of aryl methyl sites for hydroxylation is 1. The third-order valence-corrected chi connectivity index (χ3v) is 5.58. The van der Waals surface area contributed by atoms with E-state index in [1.54, 1.807) is 29.2 Å². The fraction of sp³-hybridized carbons (Fsp3) is 0.200. The van der Waals surface area contributed by atoms with Gasteiger partial charge in [-0.15, -0.1) is 0 Å². The predicted octanol–water partition coefficient (Wildman–Crippen LogP) is 5.73. The highest BCUT2D eigenvalue weighted by molar-refractivity contribution is 6.30. The molecule has 5 nitrogen and oxygen atoms in total. The molecule has 0 bridgehead atoms. The number of halogens is 1. The number of hydrogen-bond acceptors (Lipinski definition) is 2. The van der Waals surface area contributed by atoms with Gasteiger partial charge in [0, 0.05) is 41.6 Å². The van der Waals surface area contributed by atoms with Gasteiger partial charge in [-0.05, 0) is 61.4 Å². The lowest BCUT2D eigenvalue weighted by atomic mass is 10.1. The van der Waals surface area contributed by atoms with Crippen LogP contribution in [0.1, 0.15) is 27.9 Å². The zero-order chi connectivity index (χ0) is 21.8. The minimum absolute atomic E-state index is 0.0204. The van der Waals surface area contributed by atoms with E-state index in [0.29, 0.717) is 29.4 Å². The maximum absolute atomic E-state index is 13.1. The van der Waals surface area contributed by atoms with Crippen molar-refractivity contribution in [1.82, 2.24) is 4.90 Å². The van der Waals surface area contributed by atoms with Crippen molar-refractivity contribution in [2.75, 3.05) is 23.3 Å². The van der Waals surface area contributed by atoms with Gasteiger partial charge < -0.3 is 10.2 Å². The molecule has 1 heterocycles. The number of amides is 3. The molecule has 6 heteroatoms. The van der Waals surface area contributed by atoms with Crippen molar-refractivity contribution >= 4 is 34.9 Å². The molecular weight excluding hydrogens is 410 g/mol. The Labute approximate surface area is 187 Å². The van der Waals surface area contributed by atoms with Gasteiger partial charge in [0.15, 0.2) is 0 Å². The van der Waals surface area contributed by atoms with E-state index < -0.39 is 0 Å². The molecule has 1 fully saturated rings. The minimum atomic E-state index is -0.222. The highest BCUT2D eigenvalue weighted by atomic mass is 35.5. The maximum Gasteiger partial charge on any atom is 0.324 e. The molecule has 3 aromatic carbocycles. The molecule has 0 spiro atoms. The van der Waals surface area contributed by atoms with Gasteiger partial charge in [-0.1, -0.05) is 47.5 Å². The van der Waals surface area contributed by atoms with E-state index in [0.717, 1.165) is 24.2 Å². The van der Waals surface area contributed by atoms with Crippen LogP contribution in [0.4, 0.5) is 16.2 Å². The molecule has 31 heavy (non-hydrogen) atoms. The predicted molar refractivity (Wildman–Crippen MR) is 125 cm³/mol. The topological polar surface area (TPSA) is 52.6 Å². The van der Waals surface area contributed by atoms with Crippen molar-refractivity contribution in [3.05, 3.63) is 94.5 Å². The SMILES string of the molecule is Cc1ccc(CN2CCCN(c3cccc(NC(=O)c4ccc(Cl)cc4)c3)C2=O)cc1. The molecule has 3 aromatic rings. The molecule has 4 rings (SSSR count). The van der Waals surface area contributed by atoms with Gasteiger partial charge in [0.2, 0.25) is 0 Å². The Morgan fingerprint density at radius 2 is 1.74 bits per heavy atom. The third-order valence-electron chi connectivity index (χ3n) is 5.33. The van der Waals surface area contributed by atoms with E-state index >= 15 is 0 Å². The first-order valence-electron chi connectivity index (χ1n) is 10.3. The van der Waals surface area contributed by atoms with Crippen molar-refractivity contribution in [3.63, 3.8) is 0 Å². The van der Waals surface area contributed by atoms with E-state index in [4.69, 9.17) is 11.6 Å². The number of nitrogens with zero attached hydrogens (tertiary/aromatic N) is 2. The monoisotopic (exact) mass is 433 g/mol. The Kier molecular flexibility index (Phi) is 6.23. The summed E-state index contributed by atoms with van der Waals surface area (Å²) < 4.78 is 0. The van der Waals surface area contributed by atoms with Crippen LogP contribution in [0.25, 0.3) is 0 Å². The van der Waals surface area contributed by atoms with Crippen molar-refractivity contribution in [2.45, 2.75) is 19.9 Å². The van der Waals surface area contributed by atoms with Gasteiger partial charge in [0.25, 0.3) is 5.91 Å². The summed E-state index contributed by atoms with van der Waals surface area (Å²) in [4.78, 5) is 29.3. The standard InChI is InChI=1S/C25H24ClN3O2/c1-18-6-8-19(9-7-18)17-28-14-3-15-29(25(28)31)23-5-2-4-22(16-23)27-24(30)20-10-12-21(26)13-11-20/h2,4-13,16H,3,14-15,17H2,1H3,(H,27,30). The number of carbonyl (C=O) groups excluding carboxylic acids is 2. The van der Waals surface area contributed by atoms with Gasteiger partial charge in [-0.2, -0.15) is 0 Å². The van der Waals surface area contributed by atoms with Crippen LogP contribution in [0, 0.1) is 6.92 Å². The number of anilines is 2. The van der Waals surface area contributed by atoms with Crippen LogP contribution in [-0.4, -0.2) is 29.9 Å². The first-order valence-corrected chi connectivity index (χ1v) is 10.7. The summed E-state index contributed by atoms with van der Waals surface area (Å²) >= 11 is 5.89. The molecule has 0 aromatic heterocycles. The van der Waals surface area contributed by atoms with Crippen molar-refractivity contribution < 1.29 is 9.59 Å². The van der Waals surface area contributed by atoms with E-state index in [-0.39, 0.29) is 11.9 Å². The van der Waals surface area contributed by atoms with E-state index in [2.05, 4.69) is 36.5 Å². The normalized spacial score (nSPS) is 13.9. The Hall–Kier alpha value is -3.31. The molecule has 0 unspecified atom stereocenters. The summed E-state index contributed by atoms with van der Waals surface area (Å²) in [7, 11) is 0. The van der Waals surface area contributed by atoms with Crippen molar-refractivity contribution in [3.8, 4) is 0 Å². The Bertz CT molecular complexity index is 1080. The highest BCUT2D eigenvalue weighted by Crippen LogP contribution is 2.25. The van der Waals surface area contributed by atoms with E-state index in [1.165, 1.54) is 5.56 Å². The number of nitrogens with one attached hydrogen (secondary N) is 1. The zero-order valence-electron chi connectivity index (χ0n) is 17.3. The van der Waals surface area contributed by atoms with Gasteiger partial charge in [-0.3, -0.25) is 9.69 Å². The molecule has 3 amide bonds. The van der Waals surface area contributed by atoms with Crippen LogP contribution in [0.15, 0.2) is 72.8 Å². The molecule has 1 aliphatic heterocycles. The fourth-order valence-corrected chi connectivity index (χ4v) is 3.76. The number of benzene rings is 3. The smallest absolute Gasteiger partial charge is 0.322 e. The molecule has 0 atom stereocenters. The minimum Gasteiger partial charge on any atom is -0.322 e. The lowest BCUT2D eigenvalue weighted by Crippen LogP contribution is -2.49. The van der Waals surface area contributed by atoms with Crippen molar-refractivity contribution in [1.29, 1.82) is 0 Å². The van der Waals surface area contributed by atoms with Crippen LogP contribution in [0.2, 0.25) is 5.02 Å². The average Bonchev–Trinajstić information content (AvgIpc) is 2.77. The summed E-state index contributed by atoms with van der Waals surface area (Å²) in [5.74, 6) is -0.222. The Balaban J connectivity index is 1.47. The van der Waals surface area contributed by atoms with Gasteiger partial charge in [0.1, 0.15) is 0 Å². The average molecular weight is 434 g/mol. The molecule has 158 valence electrons. The van der Waals surface area contributed by atoms with Crippen molar-refractivity contribution in [2.24, 2.45) is 0 Å². The molecule has 0 radical (unpaired) electrons. The quantitative estimate of drug-likeness (QED) is 0.558. The molecule has 0 aliphatic carbocycles. The van der Waals surface area contributed by atoms with Crippen LogP contribution < -0.4 is 10.2 Å². The second-order valence-electron chi connectivity index (χ2n) is 7.71. The summed E-state index contributed by atoms with van der Waals surface area (Å²) in [6.07, 6.45) is 0.888. The third kappa shape index (κ3) is 5.06. The Morgan fingerprint density at radius 3 is 2.48 bits per heavy atom. The molecule has 1 saturated heterocycles. The molecule has 1 aliphatic rings. The second kappa shape index (κ2) is 9.23. The fourth-order valence-electron chi connectivity index (χ4n) is 3.64. The summed E-state index contributed by atoms with van der Waals surface area (Å²) in [5.41, 5.74) is 4.25. The largest absolute Gasteiger partial charge is 0.324 e. The van der Waals surface area contributed by atoms with Crippen LogP contribution in [-0.2, 0) is 6.54 Å². The second-order valence-corrected chi connectivity index (χ2v) is 8.14. The molecule has 1 N–H and O–H groups in total. The van der Waals surface area contributed by atoms with Gasteiger partial charge >= 0.3 is 6.03 Å². The van der Waals surface area contributed by atoms with Crippen LogP contribution >= 0.6 is 11.6 Å². The maximum atomic E-state index is 13.1. The Morgan fingerprint density at radius 1 is 1.00 bits per heavy atom. The van der Waals surface area contributed by atoms with Gasteiger partial charge in [0.05, 0.1) is 0 Å². The van der Waals surface area contributed by atoms with Gasteiger partial charge in [-0.25, -0.2) is 4.79 Å². The van der Waals surface area contributed by atoms with E-state index in [1.807, 2.05) is 29.2 Å². The number of carbonyl (C=O) groups is 2. The van der Waals surface area contributed by atoms with Crippen LogP contribution in [0.5, 0.6) is 0 Å². The zero-order valence-corrected chi connectivity index (χ0v) is 18.1. The number of hydrogen-bond donors (Lipinski definition) is 1. The lowest BCUT2D eigenvalue weighted by Gasteiger charge is -2.36. The number of rotatable bonds is 5. The lowest BCUT2D eigenvalue weighted by molar-refractivity contribution is 0.102. The highest BCUT2D eigenvalue weighted by Gasteiger charge is 2.27.